The lowest BCUT2D eigenvalue weighted by atomic mass is 9.50. The van der Waals surface area contributed by atoms with Crippen molar-refractivity contribution in [3.63, 3.8) is 0 Å². The highest BCUT2D eigenvalue weighted by Gasteiger charge is 2.55. The predicted molar refractivity (Wildman–Crippen MR) is 147 cm³/mol. The smallest absolute Gasteiger partial charge is 0.00476 e. The van der Waals surface area contributed by atoms with Crippen LogP contribution in [0.4, 0.5) is 0 Å². The predicted octanol–water partition coefficient (Wildman–Crippen LogP) is 10.5. The third-order valence-corrected chi connectivity index (χ3v) is 10.4. The third-order valence-electron chi connectivity index (χ3n) is 10.4. The molecule has 0 nitrogen and oxygen atoms in total. The Morgan fingerprint density at radius 2 is 1.67 bits per heavy atom. The first-order valence-corrected chi connectivity index (χ1v) is 14.5. The van der Waals surface area contributed by atoms with Crippen molar-refractivity contribution in [2.24, 2.45) is 40.4 Å². The van der Waals surface area contributed by atoms with Gasteiger partial charge in [0.1, 0.15) is 0 Å². The molecule has 6 atom stereocenters. The molecule has 3 fully saturated rings. The molecule has 6 unspecified atom stereocenters. The summed E-state index contributed by atoms with van der Waals surface area (Å²) in [6.45, 7) is 18.8. The van der Waals surface area contributed by atoms with Crippen molar-refractivity contribution in [3.8, 4) is 0 Å². The number of hydrogen-bond acceptors (Lipinski definition) is 0. The van der Waals surface area contributed by atoms with Gasteiger partial charge >= 0.3 is 0 Å². The third kappa shape index (κ3) is 5.46. The van der Waals surface area contributed by atoms with Crippen LogP contribution >= 0.6 is 0 Å². The Kier molecular flexibility index (Phi) is 8.96. The largest absolute Gasteiger partial charge is 0.0850 e. The Balaban J connectivity index is 0.000000554. The van der Waals surface area contributed by atoms with E-state index >= 15 is 0 Å². The van der Waals surface area contributed by atoms with E-state index in [-0.39, 0.29) is 0 Å². The van der Waals surface area contributed by atoms with Crippen LogP contribution in [0, 0.1) is 40.4 Å². The highest BCUT2D eigenvalue weighted by molar-refractivity contribution is 5.38. The molecule has 0 heterocycles. The fraction of sp³-hybridized carbons (Fsp3) is 0.758. The maximum Gasteiger partial charge on any atom is -0.00476 e. The number of rotatable bonds is 4. The van der Waals surface area contributed by atoms with Crippen LogP contribution in [0.25, 0.3) is 0 Å². The Hall–Kier alpha value is -1.04. The second-order valence-corrected chi connectivity index (χ2v) is 12.3. The summed E-state index contributed by atoms with van der Waals surface area (Å²) in [6.07, 6.45) is 26.0. The normalized spacial score (nSPS) is 37.2. The van der Waals surface area contributed by atoms with Crippen LogP contribution in [-0.2, 0) is 0 Å². The van der Waals surface area contributed by atoms with Crippen LogP contribution in [0.2, 0.25) is 0 Å². The lowest BCUT2D eigenvalue weighted by Crippen LogP contribution is -2.44. The molecule has 0 aromatic rings. The van der Waals surface area contributed by atoms with Crippen molar-refractivity contribution in [3.05, 3.63) is 47.1 Å². The van der Waals surface area contributed by atoms with E-state index in [9.17, 15) is 0 Å². The molecule has 0 amide bonds. The van der Waals surface area contributed by atoms with Crippen molar-refractivity contribution < 1.29 is 0 Å². The topological polar surface area (TPSA) is 0 Å². The molecule has 3 saturated carbocycles. The lowest BCUT2D eigenvalue weighted by molar-refractivity contribution is 0.0700. The van der Waals surface area contributed by atoms with Crippen LogP contribution in [0.5, 0.6) is 0 Å². The Morgan fingerprint density at radius 3 is 2.30 bits per heavy atom. The van der Waals surface area contributed by atoms with Gasteiger partial charge in [0, 0.05) is 0 Å². The van der Waals surface area contributed by atoms with Gasteiger partial charge in [0.25, 0.3) is 0 Å². The summed E-state index contributed by atoms with van der Waals surface area (Å²) < 4.78 is 0. The summed E-state index contributed by atoms with van der Waals surface area (Å²) in [5, 5.41) is 0. The second-order valence-electron chi connectivity index (χ2n) is 12.3. The molecule has 0 spiro atoms. The quantitative estimate of drug-likeness (QED) is 0.373. The molecule has 0 bridgehead atoms. The van der Waals surface area contributed by atoms with E-state index in [4.69, 9.17) is 0 Å². The monoisotopic (exact) mass is 450 g/mol. The SMILES string of the molecule is C/C(=C\CC1CCC2C3=CC=C4CCCCC4(C)C3CCC12C)C(C)C(C)C.C1=CC1.CC. The van der Waals surface area contributed by atoms with Gasteiger partial charge in [-0.3, -0.25) is 0 Å². The van der Waals surface area contributed by atoms with Crippen molar-refractivity contribution in [2.75, 3.05) is 0 Å². The average molecular weight is 451 g/mol. The zero-order valence-electron chi connectivity index (χ0n) is 23.3. The Morgan fingerprint density at radius 1 is 0.970 bits per heavy atom. The molecule has 0 heteroatoms. The molecule has 186 valence electrons. The van der Waals surface area contributed by atoms with Crippen LogP contribution in [0.1, 0.15) is 120 Å². The van der Waals surface area contributed by atoms with Crippen molar-refractivity contribution >= 4 is 0 Å². The molecule has 33 heavy (non-hydrogen) atoms. The zero-order valence-corrected chi connectivity index (χ0v) is 23.3. The highest BCUT2D eigenvalue weighted by atomic mass is 14.6. The molecule has 0 aromatic heterocycles. The van der Waals surface area contributed by atoms with Crippen LogP contribution in [0.15, 0.2) is 47.1 Å². The molecule has 0 N–H and O–H groups in total. The first kappa shape index (κ1) is 26.6. The van der Waals surface area contributed by atoms with Gasteiger partial charge in [0.2, 0.25) is 0 Å². The minimum absolute atomic E-state index is 0.491. The molecule has 0 aromatic carbocycles. The number of allylic oxidation sites excluding steroid dienone is 8. The molecule has 5 aliphatic rings. The molecule has 5 aliphatic carbocycles. The van der Waals surface area contributed by atoms with Crippen molar-refractivity contribution in [2.45, 2.75) is 120 Å². The van der Waals surface area contributed by atoms with Gasteiger partial charge in [-0.2, -0.15) is 0 Å². The summed E-state index contributed by atoms with van der Waals surface area (Å²) in [5.41, 5.74) is 6.30. The standard InChI is InChI=1S/C28H44.C3H4.C2H6/c1-19(2)21(4)20(3)10-11-23-13-15-25-24-14-12-22-9-7-8-17-27(22,5)26(24)16-18-28(23,25)6;1-2-3-1;1-2/h10,12,14,19,21,23,25-26H,7-9,11,13,15-18H2,1-6H3;1-2H,3H2;1-2H3/b20-10+;;. The molecule has 0 radical (unpaired) electrons. The van der Waals surface area contributed by atoms with Crippen LogP contribution in [0.3, 0.4) is 0 Å². The molecular weight excluding hydrogens is 396 g/mol. The summed E-state index contributed by atoms with van der Waals surface area (Å²) in [7, 11) is 0. The van der Waals surface area contributed by atoms with E-state index in [1.165, 1.54) is 64.2 Å². The van der Waals surface area contributed by atoms with E-state index < -0.39 is 0 Å². The van der Waals surface area contributed by atoms with E-state index in [2.05, 4.69) is 71.9 Å². The maximum atomic E-state index is 2.66. The summed E-state index contributed by atoms with van der Waals surface area (Å²) >= 11 is 0. The Bertz CT molecular complexity index is 770. The minimum Gasteiger partial charge on any atom is -0.0850 e. The molecular formula is C33H54. The Labute approximate surface area is 207 Å². The summed E-state index contributed by atoms with van der Waals surface area (Å²) in [5.74, 6) is 4.06. The lowest BCUT2D eigenvalue weighted by Gasteiger charge is -2.54. The summed E-state index contributed by atoms with van der Waals surface area (Å²) in [4.78, 5) is 0. The minimum atomic E-state index is 0.491. The molecule has 0 saturated heterocycles. The van der Waals surface area contributed by atoms with Gasteiger partial charge in [-0.05, 0) is 105 Å². The van der Waals surface area contributed by atoms with Gasteiger partial charge in [-0.15, -0.1) is 0 Å². The van der Waals surface area contributed by atoms with Crippen molar-refractivity contribution in [1.29, 1.82) is 0 Å². The van der Waals surface area contributed by atoms with Gasteiger partial charge < -0.3 is 0 Å². The zero-order chi connectivity index (χ0) is 24.2. The molecule has 5 rings (SSSR count). The fourth-order valence-corrected chi connectivity index (χ4v) is 7.57. The fourth-order valence-electron chi connectivity index (χ4n) is 7.57. The molecule has 0 aliphatic heterocycles. The van der Waals surface area contributed by atoms with E-state index in [0.717, 1.165) is 29.6 Å². The van der Waals surface area contributed by atoms with Gasteiger partial charge in [0.05, 0.1) is 0 Å². The highest BCUT2D eigenvalue weighted by Crippen LogP contribution is 2.65. The first-order valence-electron chi connectivity index (χ1n) is 14.5. The van der Waals surface area contributed by atoms with Gasteiger partial charge in [0.15, 0.2) is 0 Å². The number of fused-ring (bicyclic) bond motifs is 5. The van der Waals surface area contributed by atoms with E-state index in [1.807, 2.05) is 19.4 Å². The van der Waals surface area contributed by atoms with E-state index in [0.29, 0.717) is 10.8 Å². The van der Waals surface area contributed by atoms with E-state index in [1.54, 1.807) is 11.1 Å². The van der Waals surface area contributed by atoms with Gasteiger partial charge in [-0.25, -0.2) is 0 Å². The number of hydrogen-bond donors (Lipinski definition) is 0. The van der Waals surface area contributed by atoms with Gasteiger partial charge in [-0.1, -0.05) is 102 Å². The first-order chi connectivity index (χ1) is 15.8. The summed E-state index contributed by atoms with van der Waals surface area (Å²) in [6, 6.07) is 0. The second kappa shape index (κ2) is 11.1. The van der Waals surface area contributed by atoms with Crippen LogP contribution < -0.4 is 0 Å². The van der Waals surface area contributed by atoms with Crippen LogP contribution in [-0.4, -0.2) is 0 Å². The maximum absolute atomic E-state index is 2.66. The van der Waals surface area contributed by atoms with Crippen molar-refractivity contribution in [1.82, 2.24) is 0 Å². The average Bonchev–Trinajstić information content (AvgIpc) is 3.66.